The molecule has 3 saturated heterocycles. The number of carbonyl (C=O) groups excluding carboxylic acids is 2. The van der Waals surface area contributed by atoms with Gasteiger partial charge in [0.2, 0.25) is 11.8 Å². The molecule has 2 spiro atoms. The van der Waals surface area contributed by atoms with Crippen LogP contribution in [0.3, 0.4) is 0 Å². The second-order valence-corrected chi connectivity index (χ2v) is 10.2. The van der Waals surface area contributed by atoms with Crippen molar-refractivity contribution in [1.82, 2.24) is 14.7 Å². The Bertz CT molecular complexity index is 600. The van der Waals surface area contributed by atoms with Gasteiger partial charge >= 0.3 is 0 Å². The van der Waals surface area contributed by atoms with Crippen molar-refractivity contribution < 1.29 is 9.59 Å². The first-order chi connectivity index (χ1) is 12.5. The van der Waals surface area contributed by atoms with Gasteiger partial charge in [0.15, 0.2) is 0 Å². The number of carbonyl (C=O) groups is 2. The smallest absolute Gasteiger partial charge is 0.236 e. The van der Waals surface area contributed by atoms with Crippen LogP contribution in [0.15, 0.2) is 0 Å². The third-order valence-corrected chi connectivity index (χ3v) is 8.31. The van der Waals surface area contributed by atoms with Gasteiger partial charge in [0.05, 0.1) is 6.54 Å². The highest BCUT2D eigenvalue weighted by molar-refractivity contribution is 5.81. The third kappa shape index (κ3) is 2.69. The van der Waals surface area contributed by atoms with Crippen molar-refractivity contribution in [2.24, 2.45) is 16.7 Å². The van der Waals surface area contributed by atoms with Crippen molar-refractivity contribution in [3.63, 3.8) is 0 Å². The fraction of sp³-hybridized carbons (Fsp3) is 0.905. The van der Waals surface area contributed by atoms with Gasteiger partial charge in [-0.1, -0.05) is 6.42 Å². The quantitative estimate of drug-likeness (QED) is 0.775. The molecule has 5 fully saturated rings. The minimum Gasteiger partial charge on any atom is -0.342 e. The van der Waals surface area contributed by atoms with Gasteiger partial charge in [-0.05, 0) is 63.8 Å². The van der Waals surface area contributed by atoms with Crippen LogP contribution in [0.2, 0.25) is 0 Å². The molecule has 0 N–H and O–H groups in total. The molecule has 144 valence electrons. The van der Waals surface area contributed by atoms with Crippen LogP contribution in [-0.4, -0.2) is 71.8 Å². The van der Waals surface area contributed by atoms with Crippen LogP contribution in [0.25, 0.3) is 0 Å². The Balaban J connectivity index is 1.09. The van der Waals surface area contributed by atoms with E-state index in [0.717, 1.165) is 52.0 Å². The van der Waals surface area contributed by atoms with E-state index in [1.165, 1.54) is 32.1 Å². The minimum absolute atomic E-state index is 0.208. The van der Waals surface area contributed by atoms with Gasteiger partial charge in [0.1, 0.15) is 0 Å². The van der Waals surface area contributed by atoms with E-state index in [4.69, 9.17) is 0 Å². The normalized spacial score (nSPS) is 32.6. The highest BCUT2D eigenvalue weighted by atomic mass is 16.2. The van der Waals surface area contributed by atoms with Crippen LogP contribution in [0.4, 0.5) is 0 Å². The maximum absolute atomic E-state index is 12.8. The number of likely N-dealkylation sites (tertiary alicyclic amines) is 3. The summed E-state index contributed by atoms with van der Waals surface area (Å²) >= 11 is 0. The molecule has 0 bridgehead atoms. The molecule has 2 saturated carbocycles. The zero-order chi connectivity index (χ0) is 17.9. The number of hydrogen-bond acceptors (Lipinski definition) is 3. The maximum Gasteiger partial charge on any atom is 0.236 e. The van der Waals surface area contributed by atoms with Gasteiger partial charge in [-0.3, -0.25) is 14.5 Å². The van der Waals surface area contributed by atoms with Gasteiger partial charge in [0.25, 0.3) is 0 Å². The molecule has 1 atom stereocenters. The monoisotopic (exact) mass is 359 g/mol. The Morgan fingerprint density at radius 1 is 0.923 bits per heavy atom. The lowest BCUT2D eigenvalue weighted by atomic mass is 9.51. The van der Waals surface area contributed by atoms with Crippen LogP contribution in [0.1, 0.15) is 58.3 Å². The third-order valence-electron chi connectivity index (χ3n) is 8.31. The SMILES string of the molecule is CC1CCCN1CC(=O)N1CC2(CCN(C(=O)C3CC4(CCC4)C3)C2)C1. The molecular weight excluding hydrogens is 326 g/mol. The zero-order valence-electron chi connectivity index (χ0n) is 16.2. The Morgan fingerprint density at radius 3 is 2.27 bits per heavy atom. The first-order valence-corrected chi connectivity index (χ1v) is 10.8. The molecule has 5 heteroatoms. The molecule has 5 aliphatic rings. The van der Waals surface area contributed by atoms with Crippen molar-refractivity contribution in [1.29, 1.82) is 0 Å². The van der Waals surface area contributed by atoms with Gasteiger partial charge in [-0.25, -0.2) is 0 Å². The predicted octanol–water partition coefficient (Wildman–Crippen LogP) is 2.11. The van der Waals surface area contributed by atoms with Crippen molar-refractivity contribution in [3.05, 3.63) is 0 Å². The summed E-state index contributed by atoms with van der Waals surface area (Å²) in [5, 5.41) is 0. The summed E-state index contributed by atoms with van der Waals surface area (Å²) < 4.78 is 0. The molecule has 2 amide bonds. The maximum atomic E-state index is 12.8. The summed E-state index contributed by atoms with van der Waals surface area (Å²) in [4.78, 5) is 31.8. The van der Waals surface area contributed by atoms with E-state index >= 15 is 0 Å². The second kappa shape index (κ2) is 5.95. The van der Waals surface area contributed by atoms with Crippen molar-refractivity contribution in [2.75, 3.05) is 39.3 Å². The molecule has 0 aromatic rings. The number of amides is 2. The lowest BCUT2D eigenvalue weighted by molar-refractivity contribution is -0.149. The topological polar surface area (TPSA) is 43.9 Å². The first kappa shape index (κ1) is 17.0. The van der Waals surface area contributed by atoms with Crippen molar-refractivity contribution >= 4 is 11.8 Å². The standard InChI is InChI=1S/C21H33N3O2/c1-16-4-2-8-22(16)12-18(25)24-14-21(15-24)7-9-23(13-21)19(26)17-10-20(11-17)5-3-6-20/h16-17H,2-15H2,1H3. The molecule has 1 unspecified atom stereocenters. The van der Waals surface area contributed by atoms with E-state index in [9.17, 15) is 9.59 Å². The second-order valence-electron chi connectivity index (χ2n) is 10.2. The average Bonchev–Trinajstić information content (AvgIpc) is 3.10. The largest absolute Gasteiger partial charge is 0.342 e. The number of hydrogen-bond donors (Lipinski definition) is 0. The lowest BCUT2D eigenvalue weighted by Gasteiger charge is -2.54. The molecule has 5 rings (SSSR count). The molecule has 0 aromatic carbocycles. The molecule has 5 nitrogen and oxygen atoms in total. The van der Waals surface area contributed by atoms with E-state index < -0.39 is 0 Å². The Kier molecular flexibility index (Phi) is 3.90. The number of rotatable bonds is 3. The van der Waals surface area contributed by atoms with Crippen LogP contribution in [0.5, 0.6) is 0 Å². The molecule has 3 aliphatic heterocycles. The lowest BCUT2D eigenvalue weighted by Crippen LogP contribution is -2.61. The first-order valence-electron chi connectivity index (χ1n) is 10.8. The fourth-order valence-corrected chi connectivity index (χ4v) is 6.33. The minimum atomic E-state index is 0.208. The van der Waals surface area contributed by atoms with Crippen LogP contribution < -0.4 is 0 Å². The molecule has 26 heavy (non-hydrogen) atoms. The summed E-state index contributed by atoms with van der Waals surface area (Å²) in [7, 11) is 0. The molecule has 2 aliphatic carbocycles. The summed E-state index contributed by atoms with van der Waals surface area (Å²) in [6.45, 7) is 7.42. The highest BCUT2D eigenvalue weighted by Gasteiger charge is 2.54. The van der Waals surface area contributed by atoms with E-state index in [1.54, 1.807) is 0 Å². The molecule has 3 heterocycles. The Hall–Kier alpha value is -1.10. The van der Waals surface area contributed by atoms with E-state index in [2.05, 4.69) is 16.7 Å². The summed E-state index contributed by atoms with van der Waals surface area (Å²) in [6, 6.07) is 0.551. The van der Waals surface area contributed by atoms with Crippen LogP contribution in [0, 0.1) is 16.7 Å². The summed E-state index contributed by atoms with van der Waals surface area (Å²) in [5.74, 6) is 1.01. The van der Waals surface area contributed by atoms with E-state index in [1.807, 2.05) is 4.90 Å². The summed E-state index contributed by atoms with van der Waals surface area (Å²) in [6.07, 6.45) is 9.89. The van der Waals surface area contributed by atoms with Crippen molar-refractivity contribution in [2.45, 2.75) is 64.3 Å². The molecule has 0 aromatic heterocycles. The van der Waals surface area contributed by atoms with Gasteiger partial charge < -0.3 is 9.80 Å². The van der Waals surface area contributed by atoms with Crippen LogP contribution in [-0.2, 0) is 9.59 Å². The fourth-order valence-electron chi connectivity index (χ4n) is 6.33. The predicted molar refractivity (Wildman–Crippen MR) is 99.5 cm³/mol. The zero-order valence-corrected chi connectivity index (χ0v) is 16.2. The van der Waals surface area contributed by atoms with Crippen molar-refractivity contribution in [3.8, 4) is 0 Å². The molecule has 0 radical (unpaired) electrons. The van der Waals surface area contributed by atoms with Crippen LogP contribution >= 0.6 is 0 Å². The van der Waals surface area contributed by atoms with E-state index in [0.29, 0.717) is 35.7 Å². The van der Waals surface area contributed by atoms with Gasteiger partial charge in [0, 0.05) is 43.6 Å². The Labute approximate surface area is 157 Å². The summed E-state index contributed by atoms with van der Waals surface area (Å²) in [5.41, 5.74) is 0.782. The number of nitrogens with zero attached hydrogens (tertiary/aromatic N) is 3. The molecular formula is C21H33N3O2. The highest BCUT2D eigenvalue weighted by Crippen LogP contribution is 2.59. The van der Waals surface area contributed by atoms with E-state index in [-0.39, 0.29) is 5.41 Å². The van der Waals surface area contributed by atoms with Gasteiger partial charge in [-0.15, -0.1) is 0 Å². The Morgan fingerprint density at radius 2 is 1.65 bits per heavy atom. The van der Waals surface area contributed by atoms with Gasteiger partial charge in [-0.2, -0.15) is 0 Å². The average molecular weight is 360 g/mol.